The van der Waals surface area contributed by atoms with Crippen LogP contribution in [0.3, 0.4) is 0 Å². The molecule has 5 aliphatic rings. The number of methoxy groups -OCH3 is 1. The number of rotatable bonds is 21. The second kappa shape index (κ2) is 19.9. The van der Waals surface area contributed by atoms with Crippen LogP contribution >= 0.6 is 0 Å². The van der Waals surface area contributed by atoms with Gasteiger partial charge in [-0.3, -0.25) is 9.59 Å². The van der Waals surface area contributed by atoms with Crippen molar-refractivity contribution in [3.05, 3.63) is 71.8 Å². The Bertz CT molecular complexity index is 1840. The van der Waals surface area contributed by atoms with Crippen LogP contribution in [0.4, 0.5) is 0 Å². The Kier molecular flexibility index (Phi) is 14.5. The van der Waals surface area contributed by atoms with Crippen molar-refractivity contribution in [1.29, 1.82) is 0 Å². The molecule has 59 heavy (non-hydrogen) atoms. The van der Waals surface area contributed by atoms with Crippen LogP contribution in [-0.4, -0.2) is 91.2 Å². The molecule has 3 fully saturated rings. The van der Waals surface area contributed by atoms with E-state index < -0.39 is 24.0 Å². The van der Waals surface area contributed by atoms with Gasteiger partial charge in [-0.05, 0) is 112 Å². The summed E-state index contributed by atoms with van der Waals surface area (Å²) in [6, 6.07) is 10.5. The number of hydrogen-bond donors (Lipinski definition) is 2. The highest BCUT2D eigenvalue weighted by atomic mass is 16.8. The van der Waals surface area contributed by atoms with Crippen molar-refractivity contribution < 1.29 is 48.3 Å². The van der Waals surface area contributed by atoms with E-state index in [9.17, 15) is 19.8 Å². The van der Waals surface area contributed by atoms with Gasteiger partial charge < -0.3 is 43.6 Å². The molecule has 0 radical (unpaired) electrons. The van der Waals surface area contributed by atoms with Gasteiger partial charge in [-0.2, -0.15) is 0 Å². The smallest absolute Gasteiger partial charge is 0.239 e. The molecule has 3 aliphatic carbocycles. The first-order valence-electron chi connectivity index (χ1n) is 21.9. The molecule has 1 unspecified atom stereocenters. The molecule has 2 saturated carbocycles. The van der Waals surface area contributed by atoms with Crippen molar-refractivity contribution in [2.24, 2.45) is 28.8 Å². The number of carbonyl (C=O) groups excluding carboxylic acids is 2. The van der Waals surface area contributed by atoms with E-state index >= 15 is 0 Å². The first-order chi connectivity index (χ1) is 28.9. The fraction of sp³-hybridized carbons (Fsp3) is 0.596. The van der Waals surface area contributed by atoms with Gasteiger partial charge >= 0.3 is 0 Å². The van der Waals surface area contributed by atoms with E-state index in [2.05, 4.69) is 19.6 Å². The van der Waals surface area contributed by atoms with Gasteiger partial charge in [0.25, 0.3) is 0 Å². The number of fused-ring (bicyclic) bond motifs is 2. The fourth-order valence-corrected chi connectivity index (χ4v) is 9.86. The van der Waals surface area contributed by atoms with Crippen LogP contribution in [-0.2, 0) is 19.1 Å². The van der Waals surface area contributed by atoms with Gasteiger partial charge in [0.2, 0.25) is 18.0 Å². The molecule has 2 aliphatic heterocycles. The molecule has 2 aromatic carbocycles. The quantitative estimate of drug-likeness (QED) is 0.0549. The lowest BCUT2D eigenvalue weighted by Gasteiger charge is -2.60. The molecule has 7 atom stereocenters. The summed E-state index contributed by atoms with van der Waals surface area (Å²) in [5.74, 6) is 0.515. The Morgan fingerprint density at radius 3 is 2.51 bits per heavy atom. The van der Waals surface area contributed by atoms with Crippen molar-refractivity contribution in [2.45, 2.75) is 114 Å². The lowest BCUT2D eigenvalue weighted by Crippen LogP contribution is -2.70. The number of allylic oxidation sites excluding steroid dienone is 1. The Morgan fingerprint density at radius 1 is 1.03 bits per heavy atom. The third-order valence-electron chi connectivity index (χ3n) is 12.7. The summed E-state index contributed by atoms with van der Waals surface area (Å²) in [7, 11) is 1.53. The van der Waals surface area contributed by atoms with Crippen LogP contribution in [0.2, 0.25) is 0 Å². The lowest BCUT2D eigenvalue weighted by molar-refractivity contribution is -0.258. The highest BCUT2D eigenvalue weighted by molar-refractivity contribution is 6.03. The molecule has 2 heterocycles. The summed E-state index contributed by atoms with van der Waals surface area (Å²) in [5.41, 5.74) is 3.08. The summed E-state index contributed by atoms with van der Waals surface area (Å²) in [5, 5.41) is 24.8. The van der Waals surface area contributed by atoms with Gasteiger partial charge in [-0.1, -0.05) is 37.1 Å². The molecule has 7 rings (SSSR count). The van der Waals surface area contributed by atoms with E-state index in [1.807, 2.05) is 23.1 Å². The standard InChI is InChI=1S/C47H62N2O10/c1-4-21-49(46(53)31-15-16-31)42-29-39(48-59-43-14-8-11-25-55-43)37-27-32(12-6-9-22-50)36(13-7-10-23-51)44-38-28-35(57-34-17-19-40(54-3)33(26-34)30-52)18-20-41(38)58-47(42,45(37)44)56-24-5-2/h5,17-20,26-28,30-32,36,42-45,50-51H,2,4,6-16,21-25,29H2,1,3H3/t32-,36+,42-,43?,44+,45+,47+/m0/s1. The van der Waals surface area contributed by atoms with E-state index in [1.165, 1.54) is 7.11 Å². The Morgan fingerprint density at radius 2 is 1.81 bits per heavy atom. The average Bonchev–Trinajstić information content (AvgIpc) is 4.12. The van der Waals surface area contributed by atoms with Gasteiger partial charge in [0.05, 0.1) is 37.5 Å². The second-order valence-corrected chi connectivity index (χ2v) is 16.6. The molecule has 320 valence electrons. The maximum absolute atomic E-state index is 14.4. The summed E-state index contributed by atoms with van der Waals surface area (Å²) in [6.07, 6.45) is 14.6. The molecular formula is C47H62N2O10. The molecule has 2 N–H and O–H groups in total. The summed E-state index contributed by atoms with van der Waals surface area (Å²) < 4.78 is 32.3. The zero-order valence-corrected chi connectivity index (χ0v) is 34.7. The maximum atomic E-state index is 14.4. The number of unbranched alkanes of at least 4 members (excludes halogenated alkanes) is 2. The van der Waals surface area contributed by atoms with Gasteiger partial charge in [-0.15, -0.1) is 6.58 Å². The number of aliphatic hydroxyl groups is 2. The lowest BCUT2D eigenvalue weighted by atomic mass is 9.55. The predicted octanol–water partition coefficient (Wildman–Crippen LogP) is 8.11. The van der Waals surface area contributed by atoms with Crippen molar-refractivity contribution >= 4 is 17.9 Å². The van der Waals surface area contributed by atoms with Gasteiger partial charge in [0.1, 0.15) is 29.0 Å². The number of aliphatic hydroxyl groups excluding tert-OH is 2. The molecule has 12 heteroatoms. The normalized spacial score (nSPS) is 27.7. The average molecular weight is 815 g/mol. The topological polar surface area (TPSA) is 146 Å². The van der Waals surface area contributed by atoms with Crippen molar-refractivity contribution in [1.82, 2.24) is 4.90 Å². The number of nitrogens with zero attached hydrogens (tertiary/aromatic N) is 2. The zero-order chi connectivity index (χ0) is 41.4. The molecular weight excluding hydrogens is 753 g/mol. The SMILES string of the molecule is C=CCO[C@@]12Oc3ccc(Oc4ccc(OC)c(C=O)c4)cc3[C@H]3[C@H](CCCCO)[C@@H](CCCCO)C=C(C(=NOC4CCCCO4)C[C@@H]1N(CCC)C(=O)C1CC1)[C@H]32. The van der Waals surface area contributed by atoms with E-state index in [0.29, 0.717) is 61.0 Å². The van der Waals surface area contributed by atoms with Crippen LogP contribution in [0.5, 0.6) is 23.0 Å². The highest BCUT2D eigenvalue weighted by Gasteiger charge is 2.65. The fourth-order valence-electron chi connectivity index (χ4n) is 9.86. The van der Waals surface area contributed by atoms with E-state index in [4.69, 9.17) is 33.7 Å². The van der Waals surface area contributed by atoms with Crippen LogP contribution in [0.1, 0.15) is 112 Å². The number of oxime groups is 1. The summed E-state index contributed by atoms with van der Waals surface area (Å²) >= 11 is 0. The van der Waals surface area contributed by atoms with E-state index in [0.717, 1.165) is 87.3 Å². The monoisotopic (exact) mass is 814 g/mol. The summed E-state index contributed by atoms with van der Waals surface area (Å²) in [6.45, 7) is 7.70. The number of amides is 1. The Balaban J connectivity index is 1.42. The largest absolute Gasteiger partial charge is 0.496 e. The zero-order valence-electron chi connectivity index (χ0n) is 34.7. The number of aldehydes is 1. The van der Waals surface area contributed by atoms with E-state index in [1.54, 1.807) is 24.3 Å². The molecule has 0 spiro atoms. The third-order valence-corrected chi connectivity index (χ3v) is 12.7. The number of ether oxygens (including phenoxy) is 5. The minimum atomic E-state index is -1.31. The minimum absolute atomic E-state index is 0.0280. The predicted molar refractivity (Wildman–Crippen MR) is 223 cm³/mol. The van der Waals surface area contributed by atoms with Gasteiger partial charge in [-0.25, -0.2) is 0 Å². The van der Waals surface area contributed by atoms with E-state index in [-0.39, 0.29) is 49.4 Å². The Labute approximate surface area is 348 Å². The molecule has 0 bridgehead atoms. The van der Waals surface area contributed by atoms with Gasteiger partial charge in [0.15, 0.2) is 6.29 Å². The second-order valence-electron chi connectivity index (χ2n) is 16.6. The minimum Gasteiger partial charge on any atom is -0.496 e. The van der Waals surface area contributed by atoms with Crippen LogP contribution in [0.25, 0.3) is 0 Å². The molecule has 12 nitrogen and oxygen atoms in total. The van der Waals surface area contributed by atoms with Gasteiger partial charge in [0, 0.05) is 50.0 Å². The maximum Gasteiger partial charge on any atom is 0.239 e. The molecule has 0 aromatic heterocycles. The molecule has 2 aromatic rings. The van der Waals surface area contributed by atoms with Crippen molar-refractivity contribution in [3.63, 3.8) is 0 Å². The first kappa shape index (κ1) is 42.9. The van der Waals surface area contributed by atoms with Crippen LogP contribution in [0, 0.1) is 23.7 Å². The van der Waals surface area contributed by atoms with Crippen molar-refractivity contribution in [2.75, 3.05) is 40.1 Å². The van der Waals surface area contributed by atoms with Crippen LogP contribution < -0.4 is 14.2 Å². The highest BCUT2D eigenvalue weighted by Crippen LogP contribution is 2.62. The first-order valence-corrected chi connectivity index (χ1v) is 21.9. The number of benzene rings is 2. The molecule has 1 saturated heterocycles. The van der Waals surface area contributed by atoms with Crippen molar-refractivity contribution in [3.8, 4) is 23.0 Å². The number of hydrogen-bond acceptors (Lipinski definition) is 11. The number of carbonyl (C=O) groups is 2. The Hall–Kier alpha value is -4.23. The summed E-state index contributed by atoms with van der Waals surface area (Å²) in [4.78, 5) is 34.6. The van der Waals surface area contributed by atoms with Crippen LogP contribution in [0.15, 0.2) is 65.9 Å². The molecule has 1 amide bonds. The third kappa shape index (κ3) is 9.26.